The normalized spacial score (nSPS) is 21.2. The van der Waals surface area contributed by atoms with E-state index in [0.717, 1.165) is 6.42 Å². The minimum absolute atomic E-state index is 0.00659. The van der Waals surface area contributed by atoms with E-state index in [2.05, 4.69) is 12.2 Å². The van der Waals surface area contributed by atoms with Gasteiger partial charge in [-0.15, -0.1) is 0 Å². The van der Waals surface area contributed by atoms with Crippen molar-refractivity contribution in [1.82, 2.24) is 5.32 Å². The molecule has 1 aliphatic rings. The number of carbonyl (C=O) groups excluding carboxylic acids is 1. The third-order valence-corrected chi connectivity index (χ3v) is 4.85. The first-order chi connectivity index (χ1) is 9.61. The van der Waals surface area contributed by atoms with Crippen LogP contribution in [0.15, 0.2) is 24.3 Å². The van der Waals surface area contributed by atoms with Gasteiger partial charge in [-0.3, -0.25) is 4.79 Å². The molecule has 1 aromatic rings. The van der Waals surface area contributed by atoms with Crippen LogP contribution in [-0.2, 0) is 4.79 Å². The average molecular weight is 290 g/mol. The summed E-state index contributed by atoms with van der Waals surface area (Å²) in [6, 6.07) is 8.77. The van der Waals surface area contributed by atoms with Gasteiger partial charge < -0.3 is 10.1 Å². The molecular weight excluding hydrogens is 272 g/mol. The highest BCUT2D eigenvalue weighted by atomic mass is 32.2. The highest BCUT2D eigenvalue weighted by Crippen LogP contribution is 2.36. The van der Waals surface area contributed by atoms with Crippen LogP contribution < -0.4 is 10.1 Å². The van der Waals surface area contributed by atoms with Crippen molar-refractivity contribution in [1.29, 1.82) is 5.26 Å². The lowest BCUT2D eigenvalue weighted by Crippen LogP contribution is -2.39. The number of ether oxygens (including phenoxy) is 1. The molecule has 0 spiro atoms. The Morgan fingerprint density at radius 1 is 1.50 bits per heavy atom. The summed E-state index contributed by atoms with van der Waals surface area (Å²) in [6.45, 7) is 2.88. The highest BCUT2D eigenvalue weighted by Gasteiger charge is 2.29. The largest absolute Gasteiger partial charge is 0.484 e. The van der Waals surface area contributed by atoms with E-state index in [1.54, 1.807) is 24.3 Å². The molecule has 20 heavy (non-hydrogen) atoms. The quantitative estimate of drug-likeness (QED) is 0.904. The number of carbonyl (C=O) groups is 1. The van der Waals surface area contributed by atoms with Gasteiger partial charge in [0.25, 0.3) is 5.91 Å². The number of rotatable bonds is 5. The standard InChI is InChI=1S/C15H18N2O2S/c1-15(7-2-8-20-15)11-17-14(18)10-19-13-5-3-12(9-16)4-6-13/h3-6H,2,7-8,10-11H2,1H3,(H,17,18). The van der Waals surface area contributed by atoms with Crippen LogP contribution in [0, 0.1) is 11.3 Å². The second-order valence-corrected chi connectivity index (χ2v) is 6.79. The van der Waals surface area contributed by atoms with Crippen molar-refractivity contribution in [2.45, 2.75) is 24.5 Å². The van der Waals surface area contributed by atoms with Gasteiger partial charge in [0.15, 0.2) is 6.61 Å². The van der Waals surface area contributed by atoms with Crippen LogP contribution in [0.25, 0.3) is 0 Å². The van der Waals surface area contributed by atoms with E-state index < -0.39 is 0 Å². The monoisotopic (exact) mass is 290 g/mol. The molecule has 0 radical (unpaired) electrons. The molecule has 0 saturated carbocycles. The van der Waals surface area contributed by atoms with Gasteiger partial charge >= 0.3 is 0 Å². The van der Waals surface area contributed by atoms with Gasteiger partial charge in [0.2, 0.25) is 0 Å². The van der Waals surface area contributed by atoms with E-state index >= 15 is 0 Å². The zero-order valence-corrected chi connectivity index (χ0v) is 12.3. The molecule has 1 amide bonds. The summed E-state index contributed by atoms with van der Waals surface area (Å²) >= 11 is 1.92. The van der Waals surface area contributed by atoms with Crippen LogP contribution in [-0.4, -0.2) is 29.6 Å². The fourth-order valence-corrected chi connectivity index (χ4v) is 3.33. The van der Waals surface area contributed by atoms with Crippen molar-refractivity contribution in [2.24, 2.45) is 0 Å². The predicted molar refractivity (Wildman–Crippen MR) is 79.8 cm³/mol. The van der Waals surface area contributed by atoms with Gasteiger partial charge in [0, 0.05) is 11.3 Å². The van der Waals surface area contributed by atoms with E-state index in [1.807, 2.05) is 17.8 Å². The van der Waals surface area contributed by atoms with Gasteiger partial charge in [0.05, 0.1) is 11.6 Å². The molecule has 1 aromatic carbocycles. The third-order valence-electron chi connectivity index (χ3n) is 3.31. The molecule has 0 bridgehead atoms. The molecule has 5 heteroatoms. The predicted octanol–water partition coefficient (Wildman–Crippen LogP) is 2.34. The molecule has 1 atom stereocenters. The van der Waals surface area contributed by atoms with Crippen LogP contribution in [0.4, 0.5) is 0 Å². The molecule has 4 nitrogen and oxygen atoms in total. The number of amides is 1. The smallest absolute Gasteiger partial charge is 0.257 e. The zero-order valence-electron chi connectivity index (χ0n) is 11.5. The number of nitrogens with zero attached hydrogens (tertiary/aromatic N) is 1. The molecule has 2 rings (SSSR count). The van der Waals surface area contributed by atoms with Gasteiger partial charge in [-0.2, -0.15) is 17.0 Å². The Balaban J connectivity index is 1.73. The SMILES string of the molecule is CC1(CNC(=O)COc2ccc(C#N)cc2)CCCS1. The number of benzene rings is 1. The number of hydrogen-bond acceptors (Lipinski definition) is 4. The van der Waals surface area contributed by atoms with E-state index in [9.17, 15) is 4.79 Å². The molecule has 106 valence electrons. The van der Waals surface area contributed by atoms with Crippen LogP contribution >= 0.6 is 11.8 Å². The topological polar surface area (TPSA) is 62.1 Å². The third kappa shape index (κ3) is 4.17. The lowest BCUT2D eigenvalue weighted by atomic mass is 10.1. The Labute approximate surface area is 123 Å². The first-order valence-electron chi connectivity index (χ1n) is 6.65. The number of thioether (sulfide) groups is 1. The van der Waals surface area contributed by atoms with E-state index in [4.69, 9.17) is 10.00 Å². The second-order valence-electron chi connectivity index (χ2n) is 5.10. The van der Waals surface area contributed by atoms with Crippen molar-refractivity contribution < 1.29 is 9.53 Å². The summed E-state index contributed by atoms with van der Waals surface area (Å²) in [5.41, 5.74) is 0.577. The van der Waals surface area contributed by atoms with Crippen LogP contribution in [0.5, 0.6) is 5.75 Å². The maximum atomic E-state index is 11.7. The summed E-state index contributed by atoms with van der Waals surface area (Å²) in [5, 5.41) is 11.6. The number of nitrogens with one attached hydrogen (secondary N) is 1. The first-order valence-corrected chi connectivity index (χ1v) is 7.63. The summed E-state index contributed by atoms with van der Waals surface area (Å²) in [6.07, 6.45) is 2.37. The Morgan fingerprint density at radius 3 is 2.85 bits per heavy atom. The molecule has 1 N–H and O–H groups in total. The molecule has 1 fully saturated rings. The summed E-state index contributed by atoms with van der Waals surface area (Å²) < 4.78 is 5.56. The lowest BCUT2D eigenvalue weighted by Gasteiger charge is -2.22. The number of nitriles is 1. The molecule has 1 saturated heterocycles. The molecule has 0 aliphatic carbocycles. The zero-order chi connectivity index (χ0) is 14.4. The van der Waals surface area contributed by atoms with Crippen LogP contribution in [0.3, 0.4) is 0 Å². The van der Waals surface area contributed by atoms with Crippen molar-refractivity contribution in [3.05, 3.63) is 29.8 Å². The maximum absolute atomic E-state index is 11.7. The van der Waals surface area contributed by atoms with E-state index in [1.165, 1.54) is 12.2 Å². The Hall–Kier alpha value is -1.67. The van der Waals surface area contributed by atoms with Crippen molar-refractivity contribution in [3.63, 3.8) is 0 Å². The van der Waals surface area contributed by atoms with Crippen LogP contribution in [0.2, 0.25) is 0 Å². The molecule has 1 heterocycles. The average Bonchev–Trinajstić information content (AvgIpc) is 2.91. The minimum atomic E-state index is -0.108. The fourth-order valence-electron chi connectivity index (χ4n) is 2.09. The van der Waals surface area contributed by atoms with Gasteiger partial charge in [0.1, 0.15) is 5.75 Å². The summed E-state index contributed by atoms with van der Waals surface area (Å²) in [5.74, 6) is 1.66. The lowest BCUT2D eigenvalue weighted by molar-refractivity contribution is -0.123. The van der Waals surface area contributed by atoms with E-state index in [0.29, 0.717) is 17.9 Å². The molecule has 1 unspecified atom stereocenters. The number of hydrogen-bond donors (Lipinski definition) is 1. The summed E-state index contributed by atoms with van der Waals surface area (Å²) in [7, 11) is 0. The van der Waals surface area contributed by atoms with Crippen molar-refractivity contribution >= 4 is 17.7 Å². The second kappa shape index (κ2) is 6.67. The maximum Gasteiger partial charge on any atom is 0.257 e. The molecule has 1 aliphatic heterocycles. The molecule has 0 aromatic heterocycles. The first kappa shape index (κ1) is 14.7. The van der Waals surface area contributed by atoms with Gasteiger partial charge in [-0.05, 0) is 49.8 Å². The Kier molecular flexibility index (Phi) is 4.91. The van der Waals surface area contributed by atoms with Gasteiger partial charge in [-0.25, -0.2) is 0 Å². The fraction of sp³-hybridized carbons (Fsp3) is 0.467. The van der Waals surface area contributed by atoms with Crippen molar-refractivity contribution in [3.8, 4) is 11.8 Å². The highest BCUT2D eigenvalue weighted by molar-refractivity contribution is 8.00. The summed E-state index contributed by atoms with van der Waals surface area (Å²) in [4.78, 5) is 11.7. The minimum Gasteiger partial charge on any atom is -0.484 e. The van der Waals surface area contributed by atoms with Gasteiger partial charge in [-0.1, -0.05) is 0 Å². The van der Waals surface area contributed by atoms with Crippen molar-refractivity contribution in [2.75, 3.05) is 18.9 Å². The van der Waals surface area contributed by atoms with Crippen LogP contribution in [0.1, 0.15) is 25.3 Å². The van der Waals surface area contributed by atoms with E-state index in [-0.39, 0.29) is 17.3 Å². The Bertz CT molecular complexity index is 502. The molecular formula is C15H18N2O2S. The Morgan fingerprint density at radius 2 is 2.25 bits per heavy atom.